The number of halogens is 2. The molecule has 0 radical (unpaired) electrons. The second-order valence-electron chi connectivity index (χ2n) is 7.88. The molecule has 0 saturated heterocycles. The Hall–Kier alpha value is -2.42. The van der Waals surface area contributed by atoms with Crippen molar-refractivity contribution in [3.63, 3.8) is 0 Å². The molecule has 0 unspecified atom stereocenters. The second-order valence-corrected chi connectivity index (χ2v) is 11.3. The van der Waals surface area contributed by atoms with E-state index in [0.717, 1.165) is 6.42 Å². The van der Waals surface area contributed by atoms with E-state index in [1.165, 1.54) is 55.0 Å². The van der Waals surface area contributed by atoms with E-state index in [2.05, 4.69) is 129 Å². The van der Waals surface area contributed by atoms with E-state index < -0.39 is 0 Å². The summed E-state index contributed by atoms with van der Waals surface area (Å²) in [6.07, 6.45) is 7.59. The lowest BCUT2D eigenvalue weighted by molar-refractivity contribution is 1.01. The van der Waals surface area contributed by atoms with Gasteiger partial charge in [0.1, 0.15) is 3.23 Å². The first-order valence-corrected chi connectivity index (χ1v) is 11.7. The molecule has 2 heteroatoms. The van der Waals surface area contributed by atoms with Gasteiger partial charge >= 0.3 is 0 Å². The molecular formula is C28H18Br2. The van der Waals surface area contributed by atoms with E-state index in [0.29, 0.717) is 0 Å². The van der Waals surface area contributed by atoms with E-state index >= 15 is 0 Å². The first kappa shape index (κ1) is 18.4. The van der Waals surface area contributed by atoms with Crippen LogP contribution in [0.2, 0.25) is 0 Å². The Morgan fingerprint density at radius 2 is 1.37 bits per heavy atom. The van der Waals surface area contributed by atoms with Crippen LogP contribution in [0, 0.1) is 0 Å². The summed E-state index contributed by atoms with van der Waals surface area (Å²) in [5.41, 5.74) is 7.89. The number of benzene rings is 4. The summed E-state index contributed by atoms with van der Waals surface area (Å²) in [4.78, 5) is 0. The van der Waals surface area contributed by atoms with Crippen LogP contribution >= 0.6 is 31.9 Å². The predicted molar refractivity (Wildman–Crippen MR) is 135 cm³/mol. The SMILES string of the molecule is BrC1(Br)C2=CC=CCC2=C(c2c3ccccc3cc3ccccc23)c2ccccc21. The fraction of sp³-hybridized carbons (Fsp3) is 0.0714. The van der Waals surface area contributed by atoms with Gasteiger partial charge in [0.05, 0.1) is 0 Å². The number of allylic oxidation sites excluding steroid dienone is 5. The van der Waals surface area contributed by atoms with Gasteiger partial charge in [-0.25, -0.2) is 0 Å². The summed E-state index contributed by atoms with van der Waals surface area (Å²) in [5.74, 6) is 0. The van der Waals surface area contributed by atoms with Crippen LogP contribution in [-0.4, -0.2) is 0 Å². The Bertz CT molecular complexity index is 1380. The topological polar surface area (TPSA) is 0 Å². The van der Waals surface area contributed by atoms with Crippen LogP contribution in [-0.2, 0) is 3.23 Å². The van der Waals surface area contributed by atoms with Crippen LogP contribution in [0.1, 0.15) is 23.1 Å². The summed E-state index contributed by atoms with van der Waals surface area (Å²) in [5, 5.41) is 5.17. The van der Waals surface area contributed by atoms with Gasteiger partial charge in [-0.05, 0) is 67.4 Å². The summed E-state index contributed by atoms with van der Waals surface area (Å²) >= 11 is 8.03. The molecule has 0 heterocycles. The van der Waals surface area contributed by atoms with Gasteiger partial charge in [0.2, 0.25) is 0 Å². The highest BCUT2D eigenvalue weighted by atomic mass is 79.9. The monoisotopic (exact) mass is 512 g/mol. The van der Waals surface area contributed by atoms with E-state index in [1.807, 2.05) is 0 Å². The van der Waals surface area contributed by atoms with Gasteiger partial charge in [-0.15, -0.1) is 0 Å². The van der Waals surface area contributed by atoms with Gasteiger partial charge in [-0.1, -0.05) is 123 Å². The molecule has 2 aliphatic rings. The van der Waals surface area contributed by atoms with Gasteiger partial charge in [-0.3, -0.25) is 0 Å². The highest BCUT2D eigenvalue weighted by Crippen LogP contribution is 2.58. The third kappa shape index (κ3) is 2.57. The molecule has 0 aromatic heterocycles. The van der Waals surface area contributed by atoms with Gasteiger partial charge < -0.3 is 0 Å². The lowest BCUT2D eigenvalue weighted by atomic mass is 9.75. The standard InChI is InChI=1S/C28H18Br2/c29-28(30)24-15-7-5-13-22(24)27(23-14-6-8-16-25(23)28)26-20-11-3-1-9-18(20)17-19-10-2-4-12-21(19)26/h1-13,15-17H,14H2. The summed E-state index contributed by atoms with van der Waals surface area (Å²) < 4.78 is -0.374. The fourth-order valence-electron chi connectivity index (χ4n) is 4.94. The normalized spacial score (nSPS) is 17.1. The average Bonchev–Trinajstić information content (AvgIpc) is 2.79. The minimum absolute atomic E-state index is 0.374. The van der Waals surface area contributed by atoms with Crippen molar-refractivity contribution in [3.05, 3.63) is 125 Å². The number of hydrogen-bond donors (Lipinski definition) is 0. The van der Waals surface area contributed by atoms with Crippen LogP contribution < -0.4 is 0 Å². The lowest BCUT2D eigenvalue weighted by Crippen LogP contribution is -2.23. The summed E-state index contributed by atoms with van der Waals surface area (Å²) in [7, 11) is 0. The van der Waals surface area contributed by atoms with Crippen molar-refractivity contribution in [1.29, 1.82) is 0 Å². The molecule has 0 amide bonds. The van der Waals surface area contributed by atoms with Crippen molar-refractivity contribution < 1.29 is 0 Å². The molecule has 4 aromatic carbocycles. The number of rotatable bonds is 1. The minimum atomic E-state index is -0.374. The molecule has 2 aliphatic carbocycles. The largest absolute Gasteiger partial charge is 0.131 e. The molecular weight excluding hydrogens is 496 g/mol. The Labute approximate surface area is 192 Å². The first-order valence-electron chi connectivity index (χ1n) is 10.2. The molecule has 144 valence electrons. The van der Waals surface area contributed by atoms with Crippen LogP contribution in [0.5, 0.6) is 0 Å². The maximum atomic E-state index is 4.01. The zero-order valence-corrected chi connectivity index (χ0v) is 19.4. The zero-order valence-electron chi connectivity index (χ0n) is 16.2. The van der Waals surface area contributed by atoms with Gasteiger partial charge in [0, 0.05) is 0 Å². The van der Waals surface area contributed by atoms with Crippen molar-refractivity contribution >= 4 is 59.0 Å². The smallest absolute Gasteiger partial charge is 0.0801 e. The van der Waals surface area contributed by atoms with Crippen LogP contribution in [0.25, 0.3) is 27.1 Å². The molecule has 30 heavy (non-hydrogen) atoms. The number of fused-ring (bicyclic) bond motifs is 4. The molecule has 0 N–H and O–H groups in total. The Balaban J connectivity index is 1.84. The van der Waals surface area contributed by atoms with Crippen molar-refractivity contribution in [3.8, 4) is 0 Å². The van der Waals surface area contributed by atoms with E-state index in [4.69, 9.17) is 0 Å². The first-order chi connectivity index (χ1) is 14.7. The van der Waals surface area contributed by atoms with E-state index in [9.17, 15) is 0 Å². The maximum absolute atomic E-state index is 4.01. The minimum Gasteiger partial charge on any atom is -0.0801 e. The highest BCUT2D eigenvalue weighted by molar-refractivity contribution is 9.25. The molecule has 0 aliphatic heterocycles. The lowest BCUT2D eigenvalue weighted by Gasteiger charge is -2.37. The molecule has 0 bridgehead atoms. The van der Waals surface area contributed by atoms with E-state index in [1.54, 1.807) is 0 Å². The van der Waals surface area contributed by atoms with Crippen molar-refractivity contribution in [2.75, 3.05) is 0 Å². The van der Waals surface area contributed by atoms with Crippen molar-refractivity contribution in [2.45, 2.75) is 9.65 Å². The van der Waals surface area contributed by atoms with Gasteiger partial charge in [-0.2, -0.15) is 0 Å². The Morgan fingerprint density at radius 1 is 0.733 bits per heavy atom. The summed E-state index contributed by atoms with van der Waals surface area (Å²) in [6, 6.07) is 28.6. The fourth-order valence-corrected chi connectivity index (χ4v) is 6.38. The third-order valence-electron chi connectivity index (χ3n) is 6.24. The Morgan fingerprint density at radius 3 is 2.10 bits per heavy atom. The second kappa shape index (κ2) is 6.80. The molecule has 0 saturated carbocycles. The molecule has 0 spiro atoms. The average molecular weight is 514 g/mol. The quantitative estimate of drug-likeness (QED) is 0.176. The van der Waals surface area contributed by atoms with Gasteiger partial charge in [0.15, 0.2) is 0 Å². The van der Waals surface area contributed by atoms with Gasteiger partial charge in [0.25, 0.3) is 0 Å². The summed E-state index contributed by atoms with van der Waals surface area (Å²) in [6.45, 7) is 0. The molecule has 0 atom stereocenters. The van der Waals surface area contributed by atoms with E-state index in [-0.39, 0.29) is 3.23 Å². The van der Waals surface area contributed by atoms with Crippen molar-refractivity contribution in [1.82, 2.24) is 0 Å². The third-order valence-corrected chi connectivity index (χ3v) is 7.95. The van der Waals surface area contributed by atoms with Crippen LogP contribution in [0.4, 0.5) is 0 Å². The molecule has 0 fully saturated rings. The van der Waals surface area contributed by atoms with Crippen LogP contribution in [0.3, 0.4) is 0 Å². The highest BCUT2D eigenvalue weighted by Gasteiger charge is 2.40. The maximum Gasteiger partial charge on any atom is 0.131 e. The molecule has 4 aromatic rings. The predicted octanol–water partition coefficient (Wildman–Crippen LogP) is 8.64. The number of alkyl halides is 2. The molecule has 6 rings (SSSR count). The molecule has 0 nitrogen and oxygen atoms in total. The van der Waals surface area contributed by atoms with Crippen LogP contribution in [0.15, 0.2) is 108 Å². The van der Waals surface area contributed by atoms with Crippen molar-refractivity contribution in [2.24, 2.45) is 0 Å². The number of hydrogen-bond acceptors (Lipinski definition) is 0. The zero-order chi connectivity index (χ0) is 20.3. The Kier molecular flexibility index (Phi) is 4.16.